The zero-order valence-electron chi connectivity index (χ0n) is 12.3. The normalized spacial score (nSPS) is 15.8. The Bertz CT molecular complexity index is 639. The van der Waals surface area contributed by atoms with Gasteiger partial charge in [-0.2, -0.15) is 0 Å². The zero-order valence-corrected chi connectivity index (χ0v) is 12.3. The number of piperazine rings is 1. The van der Waals surface area contributed by atoms with Gasteiger partial charge < -0.3 is 9.80 Å². The number of carbonyl (C=O) groups excluding carboxylic acids is 1. The van der Waals surface area contributed by atoms with Crippen molar-refractivity contribution in [1.82, 2.24) is 9.88 Å². The van der Waals surface area contributed by atoms with Gasteiger partial charge in [-0.3, -0.25) is 9.78 Å². The summed E-state index contributed by atoms with van der Waals surface area (Å²) in [5.74, 6) is -0.129. The van der Waals surface area contributed by atoms with Crippen LogP contribution in [0.2, 0.25) is 0 Å². The standard InChI is InChI=1S/C17H18FN3O/c18-16-3-1-2-14(12-16)13-20-8-10-21(11-9-20)17(22)15-4-6-19-7-5-15/h1-7,12H,8-11,13H2/p+1. The molecular weight excluding hydrogens is 281 g/mol. The summed E-state index contributed by atoms with van der Waals surface area (Å²) in [6.07, 6.45) is 3.28. The van der Waals surface area contributed by atoms with Gasteiger partial charge in [0.2, 0.25) is 0 Å². The third-order valence-corrected chi connectivity index (χ3v) is 4.03. The molecular formula is C17H19FN3O+. The highest BCUT2D eigenvalue weighted by atomic mass is 19.1. The minimum Gasteiger partial charge on any atom is -0.328 e. The molecule has 0 unspecified atom stereocenters. The molecule has 0 spiro atoms. The Morgan fingerprint density at radius 2 is 1.91 bits per heavy atom. The van der Waals surface area contributed by atoms with Crippen LogP contribution in [0.5, 0.6) is 0 Å². The number of halogens is 1. The first-order chi connectivity index (χ1) is 10.7. The Hall–Kier alpha value is -2.27. The summed E-state index contributed by atoms with van der Waals surface area (Å²) in [6.45, 7) is 4.02. The molecule has 1 aromatic heterocycles. The topological polar surface area (TPSA) is 37.6 Å². The second kappa shape index (κ2) is 6.66. The predicted molar refractivity (Wildman–Crippen MR) is 80.9 cm³/mol. The van der Waals surface area contributed by atoms with Crippen LogP contribution >= 0.6 is 0 Å². The van der Waals surface area contributed by atoms with Crippen LogP contribution in [-0.4, -0.2) is 42.0 Å². The molecule has 2 heterocycles. The Kier molecular flexibility index (Phi) is 4.44. The third-order valence-electron chi connectivity index (χ3n) is 4.03. The lowest BCUT2D eigenvalue weighted by Crippen LogP contribution is -3.13. The maximum Gasteiger partial charge on any atom is 0.254 e. The summed E-state index contributed by atoms with van der Waals surface area (Å²) in [5.41, 5.74) is 1.69. The molecule has 1 aliphatic rings. The average molecular weight is 300 g/mol. The van der Waals surface area contributed by atoms with Gasteiger partial charge in [0.1, 0.15) is 12.4 Å². The summed E-state index contributed by atoms with van der Waals surface area (Å²) in [6, 6.07) is 10.2. The van der Waals surface area contributed by atoms with Crippen molar-refractivity contribution in [1.29, 1.82) is 0 Å². The maximum atomic E-state index is 13.2. The lowest BCUT2D eigenvalue weighted by molar-refractivity contribution is -0.917. The molecule has 22 heavy (non-hydrogen) atoms. The summed E-state index contributed by atoms with van der Waals surface area (Å²) in [4.78, 5) is 19.5. The molecule has 3 rings (SSSR count). The average Bonchev–Trinajstić information content (AvgIpc) is 2.56. The van der Waals surface area contributed by atoms with E-state index in [1.54, 1.807) is 36.7 Å². The third kappa shape index (κ3) is 3.49. The molecule has 1 aliphatic heterocycles. The number of quaternary nitrogens is 1. The highest BCUT2D eigenvalue weighted by Crippen LogP contribution is 2.05. The van der Waals surface area contributed by atoms with Crippen LogP contribution in [0.25, 0.3) is 0 Å². The minimum atomic E-state index is -0.191. The van der Waals surface area contributed by atoms with Crippen LogP contribution in [0, 0.1) is 5.82 Å². The van der Waals surface area contributed by atoms with E-state index in [1.165, 1.54) is 11.0 Å². The van der Waals surface area contributed by atoms with Gasteiger partial charge in [0, 0.05) is 23.5 Å². The van der Waals surface area contributed by atoms with Crippen molar-refractivity contribution in [3.05, 3.63) is 65.7 Å². The number of rotatable bonds is 3. The Morgan fingerprint density at radius 3 is 2.59 bits per heavy atom. The molecule has 1 aromatic carbocycles. The monoisotopic (exact) mass is 300 g/mol. The molecule has 1 amide bonds. The molecule has 0 atom stereocenters. The van der Waals surface area contributed by atoms with Crippen LogP contribution < -0.4 is 4.90 Å². The highest BCUT2D eigenvalue weighted by Gasteiger charge is 2.24. The summed E-state index contributed by atoms with van der Waals surface area (Å²) < 4.78 is 13.2. The Morgan fingerprint density at radius 1 is 1.18 bits per heavy atom. The largest absolute Gasteiger partial charge is 0.328 e. The molecule has 1 fully saturated rings. The quantitative estimate of drug-likeness (QED) is 0.909. The first-order valence-electron chi connectivity index (χ1n) is 7.50. The van der Waals surface area contributed by atoms with Crippen LogP contribution in [0.1, 0.15) is 15.9 Å². The number of hydrogen-bond acceptors (Lipinski definition) is 2. The van der Waals surface area contributed by atoms with Crippen LogP contribution in [0.15, 0.2) is 48.8 Å². The number of carbonyl (C=O) groups is 1. The van der Waals surface area contributed by atoms with E-state index in [9.17, 15) is 9.18 Å². The number of pyridine rings is 1. The SMILES string of the molecule is O=C(c1ccncc1)N1CC[NH+](Cc2cccc(F)c2)CC1. The fourth-order valence-electron chi connectivity index (χ4n) is 2.82. The van der Waals surface area contributed by atoms with Crippen LogP contribution in [0.4, 0.5) is 4.39 Å². The van der Waals surface area contributed by atoms with E-state index < -0.39 is 0 Å². The zero-order chi connectivity index (χ0) is 15.4. The van der Waals surface area contributed by atoms with Gasteiger partial charge in [-0.1, -0.05) is 12.1 Å². The van der Waals surface area contributed by atoms with E-state index in [2.05, 4.69) is 4.98 Å². The molecule has 0 aliphatic carbocycles. The second-order valence-corrected chi connectivity index (χ2v) is 5.58. The molecule has 0 radical (unpaired) electrons. The van der Waals surface area contributed by atoms with E-state index in [0.717, 1.165) is 38.3 Å². The molecule has 0 saturated carbocycles. The molecule has 2 aromatic rings. The van der Waals surface area contributed by atoms with Gasteiger partial charge in [0.15, 0.2) is 0 Å². The van der Waals surface area contributed by atoms with Crippen LogP contribution in [0.3, 0.4) is 0 Å². The van der Waals surface area contributed by atoms with Crippen molar-refractivity contribution in [2.75, 3.05) is 26.2 Å². The van der Waals surface area contributed by atoms with Gasteiger partial charge >= 0.3 is 0 Å². The number of nitrogens with one attached hydrogen (secondary N) is 1. The summed E-state index contributed by atoms with van der Waals surface area (Å²) in [7, 11) is 0. The molecule has 0 bridgehead atoms. The number of hydrogen-bond donors (Lipinski definition) is 1. The van der Waals surface area contributed by atoms with E-state index >= 15 is 0 Å². The van der Waals surface area contributed by atoms with Gasteiger partial charge in [-0.05, 0) is 24.3 Å². The Balaban J connectivity index is 1.55. The Labute approximate surface area is 129 Å². The van der Waals surface area contributed by atoms with Crippen LogP contribution in [-0.2, 0) is 6.54 Å². The predicted octanol–water partition coefficient (Wildman–Crippen LogP) is 0.762. The van der Waals surface area contributed by atoms with Crippen molar-refractivity contribution < 1.29 is 14.1 Å². The van der Waals surface area contributed by atoms with Crippen molar-refractivity contribution in [3.8, 4) is 0 Å². The lowest BCUT2D eigenvalue weighted by Gasteiger charge is -2.32. The van der Waals surface area contributed by atoms with Crippen molar-refractivity contribution in [2.24, 2.45) is 0 Å². The van der Waals surface area contributed by atoms with E-state index in [-0.39, 0.29) is 11.7 Å². The molecule has 4 nitrogen and oxygen atoms in total. The first-order valence-corrected chi connectivity index (χ1v) is 7.50. The smallest absolute Gasteiger partial charge is 0.254 e. The van der Waals surface area contributed by atoms with Gasteiger partial charge in [0.25, 0.3) is 5.91 Å². The minimum absolute atomic E-state index is 0.0622. The first kappa shape index (κ1) is 14.7. The lowest BCUT2D eigenvalue weighted by atomic mass is 10.1. The summed E-state index contributed by atoms with van der Waals surface area (Å²) >= 11 is 0. The van der Waals surface area contributed by atoms with Crippen molar-refractivity contribution in [2.45, 2.75) is 6.54 Å². The molecule has 1 saturated heterocycles. The van der Waals surface area contributed by atoms with Crippen molar-refractivity contribution >= 4 is 5.91 Å². The van der Waals surface area contributed by atoms with Gasteiger partial charge in [-0.25, -0.2) is 4.39 Å². The van der Waals surface area contributed by atoms with Gasteiger partial charge in [0.05, 0.1) is 26.2 Å². The second-order valence-electron chi connectivity index (χ2n) is 5.58. The highest BCUT2D eigenvalue weighted by molar-refractivity contribution is 5.94. The number of amides is 1. The summed E-state index contributed by atoms with van der Waals surface area (Å²) in [5, 5.41) is 0. The van der Waals surface area contributed by atoms with E-state index in [1.807, 2.05) is 11.0 Å². The number of benzene rings is 1. The van der Waals surface area contributed by atoms with Gasteiger partial charge in [-0.15, -0.1) is 0 Å². The molecule has 5 heteroatoms. The van der Waals surface area contributed by atoms with Crippen molar-refractivity contribution in [3.63, 3.8) is 0 Å². The fourth-order valence-corrected chi connectivity index (χ4v) is 2.82. The number of nitrogens with zero attached hydrogens (tertiary/aromatic N) is 2. The fraction of sp³-hybridized carbons (Fsp3) is 0.294. The number of aromatic nitrogens is 1. The maximum absolute atomic E-state index is 13.2. The molecule has 114 valence electrons. The van der Waals surface area contributed by atoms with E-state index in [0.29, 0.717) is 5.56 Å². The molecule has 1 N–H and O–H groups in total. The van der Waals surface area contributed by atoms with E-state index in [4.69, 9.17) is 0 Å².